The van der Waals surface area contributed by atoms with Gasteiger partial charge in [-0.15, -0.1) is 0 Å². The number of methoxy groups -OCH3 is 1. The first-order valence-corrected chi connectivity index (χ1v) is 9.00. The fraction of sp³-hybridized carbons (Fsp3) is 0.250. The lowest BCUT2D eigenvalue weighted by atomic mass is 10.2. The number of sulfonamides is 1. The monoisotopic (exact) mass is 409 g/mol. The van der Waals surface area contributed by atoms with Crippen LogP contribution in [0.1, 0.15) is 5.56 Å². The van der Waals surface area contributed by atoms with Gasteiger partial charge in [-0.05, 0) is 35.9 Å². The Hall–Kier alpha value is -1.97. The Morgan fingerprint density at radius 1 is 1.15 bits per heavy atom. The molecule has 0 fully saturated rings. The molecule has 0 aromatic heterocycles. The highest BCUT2D eigenvalue weighted by Gasteiger charge is 2.24. The fourth-order valence-corrected chi connectivity index (χ4v) is 3.86. The number of ether oxygens (including phenoxy) is 2. The van der Waals surface area contributed by atoms with Crippen molar-refractivity contribution in [3.8, 4) is 11.5 Å². The number of hydrogen-bond acceptors (Lipinski definition) is 4. The molecule has 0 bridgehead atoms. The predicted octanol–water partition coefficient (Wildman–Crippen LogP) is 3.91. The molecular weight excluding hydrogens is 395 g/mol. The van der Waals surface area contributed by atoms with E-state index in [4.69, 9.17) is 16.3 Å². The molecule has 0 heterocycles. The van der Waals surface area contributed by atoms with E-state index in [9.17, 15) is 21.6 Å². The molecule has 26 heavy (non-hydrogen) atoms. The van der Waals surface area contributed by atoms with Crippen LogP contribution in [0, 0.1) is 5.82 Å². The summed E-state index contributed by atoms with van der Waals surface area (Å²) in [5, 5.41) is -0.241. The molecule has 2 rings (SSSR count). The van der Waals surface area contributed by atoms with Crippen molar-refractivity contribution < 1.29 is 31.1 Å². The van der Waals surface area contributed by atoms with Crippen LogP contribution in [-0.2, 0) is 16.6 Å². The van der Waals surface area contributed by atoms with Gasteiger partial charge in [-0.2, -0.15) is 13.1 Å². The SMILES string of the molecule is COc1cc(CN(C)S(=O)(=O)c2ccc(F)cc2Cl)ccc1OC(F)F. The van der Waals surface area contributed by atoms with Gasteiger partial charge in [0.25, 0.3) is 0 Å². The van der Waals surface area contributed by atoms with Gasteiger partial charge in [0.15, 0.2) is 11.5 Å². The average molecular weight is 410 g/mol. The summed E-state index contributed by atoms with van der Waals surface area (Å²) in [7, 11) is -1.41. The van der Waals surface area contributed by atoms with E-state index in [1.165, 1.54) is 32.4 Å². The molecule has 0 unspecified atom stereocenters. The molecular formula is C16H15ClF3NO4S. The van der Waals surface area contributed by atoms with Crippen LogP contribution in [0.15, 0.2) is 41.3 Å². The number of hydrogen-bond donors (Lipinski definition) is 0. The van der Waals surface area contributed by atoms with E-state index in [1.54, 1.807) is 0 Å². The van der Waals surface area contributed by atoms with Crippen molar-refractivity contribution in [2.75, 3.05) is 14.2 Å². The Morgan fingerprint density at radius 2 is 1.85 bits per heavy atom. The maximum absolute atomic E-state index is 13.1. The van der Waals surface area contributed by atoms with Crippen molar-refractivity contribution >= 4 is 21.6 Å². The minimum atomic E-state index is -3.99. The van der Waals surface area contributed by atoms with E-state index >= 15 is 0 Å². The Balaban J connectivity index is 2.27. The molecule has 0 radical (unpaired) electrons. The number of halogens is 4. The molecule has 0 spiro atoms. The predicted molar refractivity (Wildman–Crippen MR) is 89.7 cm³/mol. The first-order chi connectivity index (χ1) is 12.1. The van der Waals surface area contributed by atoms with Crippen molar-refractivity contribution in [3.63, 3.8) is 0 Å². The van der Waals surface area contributed by atoms with E-state index in [2.05, 4.69) is 4.74 Å². The van der Waals surface area contributed by atoms with Crippen molar-refractivity contribution in [2.45, 2.75) is 18.1 Å². The summed E-state index contributed by atoms with van der Waals surface area (Å²) in [5.41, 5.74) is 0.466. The van der Waals surface area contributed by atoms with Gasteiger partial charge in [0.05, 0.1) is 12.1 Å². The van der Waals surface area contributed by atoms with E-state index in [1.807, 2.05) is 0 Å². The second-order valence-electron chi connectivity index (χ2n) is 5.20. The van der Waals surface area contributed by atoms with Gasteiger partial charge in [-0.3, -0.25) is 0 Å². The quantitative estimate of drug-likeness (QED) is 0.695. The first-order valence-electron chi connectivity index (χ1n) is 7.18. The van der Waals surface area contributed by atoms with Gasteiger partial charge >= 0.3 is 6.61 Å². The second-order valence-corrected chi connectivity index (χ2v) is 7.62. The Kier molecular flexibility index (Phi) is 6.38. The summed E-state index contributed by atoms with van der Waals surface area (Å²) in [6.07, 6.45) is 0. The zero-order valence-electron chi connectivity index (χ0n) is 13.7. The molecule has 0 aliphatic carbocycles. The Bertz CT molecular complexity index is 893. The van der Waals surface area contributed by atoms with Crippen molar-refractivity contribution in [3.05, 3.63) is 52.8 Å². The molecule has 2 aromatic rings. The normalized spacial score (nSPS) is 11.8. The van der Waals surface area contributed by atoms with E-state index in [0.717, 1.165) is 22.5 Å². The minimum absolute atomic E-state index is 0.0356. The molecule has 142 valence electrons. The number of benzene rings is 2. The number of rotatable bonds is 7. The number of alkyl halides is 2. The van der Waals surface area contributed by atoms with Gasteiger partial charge in [0.2, 0.25) is 10.0 Å². The van der Waals surface area contributed by atoms with Gasteiger partial charge in [-0.1, -0.05) is 17.7 Å². The molecule has 0 aliphatic rings. The van der Waals surface area contributed by atoms with Crippen LogP contribution in [0.5, 0.6) is 11.5 Å². The van der Waals surface area contributed by atoms with Crippen LogP contribution in [0.25, 0.3) is 0 Å². The lowest BCUT2D eigenvalue weighted by Gasteiger charge is -2.19. The Morgan fingerprint density at radius 3 is 2.42 bits per heavy atom. The fourth-order valence-electron chi connectivity index (χ4n) is 2.20. The lowest BCUT2D eigenvalue weighted by Crippen LogP contribution is -2.26. The third-order valence-corrected chi connectivity index (χ3v) is 5.72. The van der Waals surface area contributed by atoms with Gasteiger partial charge < -0.3 is 9.47 Å². The molecule has 0 N–H and O–H groups in total. The molecule has 0 amide bonds. The third-order valence-electron chi connectivity index (χ3n) is 3.43. The number of nitrogens with zero attached hydrogens (tertiary/aromatic N) is 1. The van der Waals surface area contributed by atoms with Crippen LogP contribution >= 0.6 is 11.6 Å². The second kappa shape index (κ2) is 8.15. The smallest absolute Gasteiger partial charge is 0.387 e. The zero-order valence-corrected chi connectivity index (χ0v) is 15.3. The Labute approximate surface area is 153 Å². The molecule has 0 aliphatic heterocycles. The maximum Gasteiger partial charge on any atom is 0.387 e. The largest absolute Gasteiger partial charge is 0.493 e. The summed E-state index contributed by atoms with van der Waals surface area (Å²) >= 11 is 5.82. The van der Waals surface area contributed by atoms with E-state index < -0.39 is 22.5 Å². The van der Waals surface area contributed by atoms with E-state index in [-0.39, 0.29) is 28.0 Å². The van der Waals surface area contributed by atoms with Crippen LogP contribution in [0.2, 0.25) is 5.02 Å². The molecule has 0 saturated heterocycles. The summed E-state index contributed by atoms with van der Waals surface area (Å²) in [6, 6.07) is 7.04. The standard InChI is InChI=1S/C16H15ClF3NO4S/c1-21(26(22,23)15-6-4-11(18)8-12(15)17)9-10-3-5-13(25-16(19)20)14(7-10)24-2/h3-8,16H,9H2,1-2H3. The van der Waals surface area contributed by atoms with Crippen LogP contribution in [0.3, 0.4) is 0 Å². The third kappa shape index (κ3) is 4.60. The van der Waals surface area contributed by atoms with Gasteiger partial charge in [0, 0.05) is 13.6 Å². The lowest BCUT2D eigenvalue weighted by molar-refractivity contribution is -0.0512. The average Bonchev–Trinajstić information content (AvgIpc) is 2.55. The molecule has 0 saturated carbocycles. The van der Waals surface area contributed by atoms with E-state index in [0.29, 0.717) is 5.56 Å². The van der Waals surface area contributed by atoms with Gasteiger partial charge in [0.1, 0.15) is 10.7 Å². The highest BCUT2D eigenvalue weighted by Crippen LogP contribution is 2.31. The summed E-state index contributed by atoms with van der Waals surface area (Å²) in [4.78, 5) is -0.243. The summed E-state index contributed by atoms with van der Waals surface area (Å²) in [5.74, 6) is -0.789. The highest BCUT2D eigenvalue weighted by atomic mass is 35.5. The molecule has 2 aromatic carbocycles. The topological polar surface area (TPSA) is 55.8 Å². The molecule has 5 nitrogen and oxygen atoms in total. The molecule has 10 heteroatoms. The van der Waals surface area contributed by atoms with Crippen molar-refractivity contribution in [2.24, 2.45) is 0 Å². The first kappa shape index (κ1) is 20.3. The van der Waals surface area contributed by atoms with Gasteiger partial charge in [-0.25, -0.2) is 12.8 Å². The highest BCUT2D eigenvalue weighted by molar-refractivity contribution is 7.89. The summed E-state index contributed by atoms with van der Waals surface area (Å²) in [6.45, 7) is -3.11. The zero-order chi connectivity index (χ0) is 19.5. The van der Waals surface area contributed by atoms with Crippen LogP contribution < -0.4 is 9.47 Å². The maximum atomic E-state index is 13.1. The minimum Gasteiger partial charge on any atom is -0.493 e. The van der Waals surface area contributed by atoms with Crippen LogP contribution in [0.4, 0.5) is 13.2 Å². The van der Waals surface area contributed by atoms with Crippen LogP contribution in [-0.4, -0.2) is 33.5 Å². The molecule has 0 atom stereocenters. The van der Waals surface area contributed by atoms with Crippen molar-refractivity contribution in [1.82, 2.24) is 4.31 Å². The van der Waals surface area contributed by atoms with Crippen molar-refractivity contribution in [1.29, 1.82) is 0 Å². The summed E-state index contributed by atoms with van der Waals surface area (Å²) < 4.78 is 73.3.